The fourth-order valence-corrected chi connectivity index (χ4v) is 5.04. The number of thiocarbonyl (C=S) groups is 1. The molecule has 4 aromatic rings. The highest BCUT2D eigenvalue weighted by Gasteiger charge is 2.42. The zero-order valence-electron chi connectivity index (χ0n) is 20.7. The van der Waals surface area contributed by atoms with E-state index in [-0.39, 0.29) is 18.0 Å². The van der Waals surface area contributed by atoms with E-state index in [1.54, 1.807) is 20.4 Å². The largest absolute Gasteiger partial charge is 0.497 e. The van der Waals surface area contributed by atoms with Crippen molar-refractivity contribution < 1.29 is 14.3 Å². The molecule has 1 saturated heterocycles. The lowest BCUT2D eigenvalue weighted by molar-refractivity contribution is -0.114. The number of hydrogen-bond acceptors (Lipinski definition) is 5. The lowest BCUT2D eigenvalue weighted by atomic mass is 10.0. The first-order valence-electron chi connectivity index (χ1n) is 11.8. The van der Waals surface area contributed by atoms with Crippen LogP contribution in [0.2, 0.25) is 0 Å². The summed E-state index contributed by atoms with van der Waals surface area (Å²) in [7, 11) is 3.23. The molecule has 0 unspecified atom stereocenters. The molecule has 0 aliphatic carbocycles. The second-order valence-corrected chi connectivity index (χ2v) is 8.95. The molecule has 188 valence electrons. The van der Waals surface area contributed by atoms with E-state index in [4.69, 9.17) is 21.7 Å². The summed E-state index contributed by atoms with van der Waals surface area (Å²) in [5.74, 6) is 1.15. The van der Waals surface area contributed by atoms with Crippen LogP contribution in [0.3, 0.4) is 0 Å². The topological polar surface area (TPSA) is 80.7 Å². The molecule has 5 rings (SSSR count). The van der Waals surface area contributed by atoms with Crippen molar-refractivity contribution in [3.8, 4) is 17.2 Å². The number of carbonyl (C=O) groups is 1. The molecule has 0 spiro atoms. The van der Waals surface area contributed by atoms with Crippen molar-refractivity contribution in [2.75, 3.05) is 24.4 Å². The van der Waals surface area contributed by atoms with Gasteiger partial charge in [-0.3, -0.25) is 9.78 Å². The lowest BCUT2D eigenvalue weighted by Gasteiger charge is -2.29. The molecule has 1 amide bonds. The van der Waals surface area contributed by atoms with Gasteiger partial charge >= 0.3 is 0 Å². The summed E-state index contributed by atoms with van der Waals surface area (Å²) in [5.41, 5.74) is 4.22. The van der Waals surface area contributed by atoms with Crippen LogP contribution in [0, 0.1) is 0 Å². The monoisotopic (exact) mass is 513 g/mol. The van der Waals surface area contributed by atoms with E-state index in [1.165, 1.54) is 6.92 Å². The Labute approximate surface area is 220 Å². The first-order chi connectivity index (χ1) is 18.0. The number of anilines is 2. The number of aromatic nitrogens is 2. The predicted octanol–water partition coefficient (Wildman–Crippen LogP) is 5.03. The van der Waals surface area contributed by atoms with E-state index in [1.807, 2.05) is 72.9 Å². The fourth-order valence-electron chi connectivity index (χ4n) is 4.70. The minimum atomic E-state index is -0.248. The van der Waals surface area contributed by atoms with Crippen molar-refractivity contribution in [3.63, 3.8) is 0 Å². The average Bonchev–Trinajstić information content (AvgIpc) is 3.53. The van der Waals surface area contributed by atoms with Crippen LogP contribution in [-0.2, 0) is 4.79 Å². The van der Waals surface area contributed by atoms with Gasteiger partial charge in [0, 0.05) is 42.5 Å². The number of carbonyl (C=O) groups excluding carboxylic acids is 1. The summed E-state index contributed by atoms with van der Waals surface area (Å²) in [4.78, 5) is 18.6. The summed E-state index contributed by atoms with van der Waals surface area (Å²) >= 11 is 5.88. The van der Waals surface area contributed by atoms with Gasteiger partial charge in [0.1, 0.15) is 17.5 Å². The molecule has 1 aliphatic heterocycles. The van der Waals surface area contributed by atoms with E-state index < -0.39 is 0 Å². The summed E-state index contributed by atoms with van der Waals surface area (Å²) in [6.45, 7) is 1.47. The molecule has 2 aromatic carbocycles. The molecule has 37 heavy (non-hydrogen) atoms. The van der Waals surface area contributed by atoms with Crippen LogP contribution < -0.4 is 25.0 Å². The summed E-state index contributed by atoms with van der Waals surface area (Å²) < 4.78 is 13.1. The molecule has 0 saturated carbocycles. The number of rotatable bonds is 7. The fraction of sp³-hybridized carbons (Fsp3) is 0.179. The Hall–Kier alpha value is -4.37. The summed E-state index contributed by atoms with van der Waals surface area (Å²) in [5, 5.41) is 6.90. The second kappa shape index (κ2) is 10.3. The van der Waals surface area contributed by atoms with E-state index in [2.05, 4.69) is 31.2 Å². The zero-order valence-corrected chi connectivity index (χ0v) is 21.5. The molecule has 0 bridgehead atoms. The van der Waals surface area contributed by atoms with Gasteiger partial charge in [-0.25, -0.2) is 0 Å². The van der Waals surface area contributed by atoms with Crippen LogP contribution in [0.15, 0.2) is 85.2 Å². The minimum absolute atomic E-state index is 0.188. The minimum Gasteiger partial charge on any atom is -0.497 e. The molecule has 9 heteroatoms. The molecule has 1 fully saturated rings. The number of benzene rings is 2. The van der Waals surface area contributed by atoms with Crippen molar-refractivity contribution in [2.45, 2.75) is 19.0 Å². The van der Waals surface area contributed by atoms with Gasteiger partial charge < -0.3 is 29.6 Å². The van der Waals surface area contributed by atoms with Gasteiger partial charge in [-0.1, -0.05) is 12.1 Å². The van der Waals surface area contributed by atoms with Gasteiger partial charge in [0.2, 0.25) is 5.91 Å². The van der Waals surface area contributed by atoms with E-state index >= 15 is 0 Å². The molecule has 8 nitrogen and oxygen atoms in total. The lowest BCUT2D eigenvalue weighted by Crippen LogP contribution is -2.30. The highest BCUT2D eigenvalue weighted by atomic mass is 32.1. The van der Waals surface area contributed by atoms with Gasteiger partial charge in [0.05, 0.1) is 31.6 Å². The van der Waals surface area contributed by atoms with E-state index in [0.29, 0.717) is 16.5 Å². The number of hydrogen-bond donors (Lipinski definition) is 2. The molecular weight excluding hydrogens is 486 g/mol. The van der Waals surface area contributed by atoms with Crippen LogP contribution in [0.5, 0.6) is 11.5 Å². The van der Waals surface area contributed by atoms with Crippen LogP contribution in [0.1, 0.15) is 30.4 Å². The third kappa shape index (κ3) is 4.73. The quantitative estimate of drug-likeness (QED) is 0.336. The van der Waals surface area contributed by atoms with Crippen molar-refractivity contribution in [2.24, 2.45) is 0 Å². The van der Waals surface area contributed by atoms with Gasteiger partial charge in [0.25, 0.3) is 0 Å². The molecule has 2 N–H and O–H groups in total. The normalized spacial score (nSPS) is 16.8. The Balaban J connectivity index is 1.66. The number of nitrogens with one attached hydrogen (secondary N) is 2. The number of pyridine rings is 1. The molecule has 2 atom stereocenters. The molecular formula is C28H27N5O3S. The highest BCUT2D eigenvalue weighted by Crippen LogP contribution is 2.43. The van der Waals surface area contributed by atoms with Crippen LogP contribution in [0.4, 0.5) is 11.4 Å². The van der Waals surface area contributed by atoms with E-state index in [9.17, 15) is 4.79 Å². The Kier molecular flexibility index (Phi) is 6.78. The van der Waals surface area contributed by atoms with Crippen molar-refractivity contribution >= 4 is 34.6 Å². The van der Waals surface area contributed by atoms with Crippen molar-refractivity contribution in [1.82, 2.24) is 14.9 Å². The van der Waals surface area contributed by atoms with Crippen LogP contribution >= 0.6 is 12.2 Å². The zero-order chi connectivity index (χ0) is 25.9. The molecule has 0 radical (unpaired) electrons. The first-order valence-corrected chi connectivity index (χ1v) is 12.2. The highest BCUT2D eigenvalue weighted by molar-refractivity contribution is 7.80. The Morgan fingerprint density at radius 1 is 1.00 bits per heavy atom. The first kappa shape index (κ1) is 24.3. The van der Waals surface area contributed by atoms with Gasteiger partial charge in [-0.05, 0) is 66.8 Å². The van der Waals surface area contributed by atoms with Crippen molar-refractivity contribution in [3.05, 3.63) is 96.6 Å². The number of amides is 1. The van der Waals surface area contributed by atoms with Crippen LogP contribution in [-0.4, -0.2) is 34.8 Å². The maximum absolute atomic E-state index is 11.9. The van der Waals surface area contributed by atoms with E-state index in [0.717, 1.165) is 28.5 Å². The standard InChI is InChI=1S/C28H27N5O3S/c1-18(34)30-23-17-20(12-13-25(23)36-3)33-27(26(31-28(33)37)22-10-4-5-14-29-22)24-11-7-15-32(24)19-8-6-9-21(16-19)35-2/h4-17,26-27H,1-3H3,(H,30,34)(H,31,37)/t26-,27+/m0/s1. The number of nitrogens with zero attached hydrogens (tertiary/aromatic N) is 3. The molecule has 3 heterocycles. The maximum Gasteiger partial charge on any atom is 0.221 e. The SMILES string of the molecule is COc1cccc(-n2cccc2[C@@H]2[C@H](c3ccccn3)NC(=S)N2c2ccc(OC)c(NC(C)=O)c2)c1. The predicted molar refractivity (Wildman–Crippen MR) is 148 cm³/mol. The third-order valence-corrected chi connectivity index (χ3v) is 6.60. The number of ether oxygens (including phenoxy) is 2. The molecule has 2 aromatic heterocycles. The summed E-state index contributed by atoms with van der Waals surface area (Å²) in [6.07, 6.45) is 3.80. The van der Waals surface area contributed by atoms with Gasteiger partial charge in [-0.2, -0.15) is 0 Å². The average molecular weight is 514 g/mol. The Morgan fingerprint density at radius 2 is 1.86 bits per heavy atom. The van der Waals surface area contributed by atoms with Crippen molar-refractivity contribution in [1.29, 1.82) is 0 Å². The van der Waals surface area contributed by atoms with Gasteiger partial charge in [-0.15, -0.1) is 0 Å². The molecule has 1 aliphatic rings. The number of methoxy groups -OCH3 is 2. The smallest absolute Gasteiger partial charge is 0.221 e. The van der Waals surface area contributed by atoms with Crippen LogP contribution in [0.25, 0.3) is 5.69 Å². The second-order valence-electron chi connectivity index (χ2n) is 8.57. The third-order valence-electron chi connectivity index (χ3n) is 6.28. The Morgan fingerprint density at radius 3 is 2.59 bits per heavy atom. The van der Waals surface area contributed by atoms with Gasteiger partial charge in [0.15, 0.2) is 5.11 Å². The Bertz CT molecular complexity index is 1440. The summed E-state index contributed by atoms with van der Waals surface area (Å²) in [6, 6.07) is 23.0. The maximum atomic E-state index is 11.9.